The second kappa shape index (κ2) is 5.92. The molecule has 0 spiro atoms. The maximum atomic E-state index is 11.7. The molecule has 2 aromatic heterocycles. The van der Waals surface area contributed by atoms with Crippen molar-refractivity contribution in [3.8, 4) is 0 Å². The van der Waals surface area contributed by atoms with Gasteiger partial charge in [-0.3, -0.25) is 25.4 Å². The molecule has 0 aliphatic heterocycles. The van der Waals surface area contributed by atoms with Crippen molar-refractivity contribution in [1.82, 2.24) is 20.8 Å². The topological polar surface area (TPSA) is 84.0 Å². The van der Waals surface area contributed by atoms with E-state index in [0.717, 1.165) is 0 Å². The summed E-state index contributed by atoms with van der Waals surface area (Å²) >= 11 is 5.60. The zero-order valence-electron chi connectivity index (χ0n) is 9.63. The van der Waals surface area contributed by atoms with E-state index >= 15 is 0 Å². The van der Waals surface area contributed by atoms with Crippen molar-refractivity contribution in [2.24, 2.45) is 0 Å². The second-order valence-electron chi connectivity index (χ2n) is 3.52. The fraction of sp³-hybridized carbons (Fsp3) is 0. The first-order valence-corrected chi connectivity index (χ1v) is 5.67. The molecule has 2 N–H and O–H groups in total. The van der Waals surface area contributed by atoms with Crippen LogP contribution in [0, 0.1) is 0 Å². The molecule has 2 rings (SSSR count). The van der Waals surface area contributed by atoms with Crippen molar-refractivity contribution in [2.75, 3.05) is 0 Å². The summed E-state index contributed by atoms with van der Waals surface area (Å²) in [5.41, 5.74) is 5.17. The van der Waals surface area contributed by atoms with Gasteiger partial charge in [0, 0.05) is 18.6 Å². The van der Waals surface area contributed by atoms with Crippen LogP contribution in [0.4, 0.5) is 0 Å². The first-order valence-electron chi connectivity index (χ1n) is 5.29. The van der Waals surface area contributed by atoms with Crippen molar-refractivity contribution >= 4 is 23.4 Å². The fourth-order valence-corrected chi connectivity index (χ4v) is 1.38. The van der Waals surface area contributed by atoms with E-state index in [-0.39, 0.29) is 10.7 Å². The lowest BCUT2D eigenvalue weighted by Gasteiger charge is -2.06. The highest BCUT2D eigenvalue weighted by Gasteiger charge is 2.09. The van der Waals surface area contributed by atoms with Gasteiger partial charge < -0.3 is 0 Å². The van der Waals surface area contributed by atoms with Crippen molar-refractivity contribution in [3.63, 3.8) is 0 Å². The lowest BCUT2D eigenvalue weighted by Crippen LogP contribution is -2.41. The Kier molecular flexibility index (Phi) is 4.04. The van der Waals surface area contributed by atoms with E-state index < -0.39 is 11.8 Å². The number of carbonyl (C=O) groups is 2. The smallest absolute Gasteiger partial charge is 0.267 e. The SMILES string of the molecule is O=C(NNC(=O)c1ccc(Cl)nc1)c1cccnc1. The maximum Gasteiger partial charge on any atom is 0.271 e. The number of hydrazine groups is 1. The van der Waals surface area contributed by atoms with E-state index in [9.17, 15) is 9.59 Å². The zero-order valence-corrected chi connectivity index (χ0v) is 10.4. The quantitative estimate of drug-likeness (QED) is 0.638. The molecule has 0 radical (unpaired) electrons. The lowest BCUT2D eigenvalue weighted by molar-refractivity contribution is 0.0846. The summed E-state index contributed by atoms with van der Waals surface area (Å²) in [5, 5.41) is 0.288. The molecule has 96 valence electrons. The summed E-state index contributed by atoms with van der Waals surface area (Å²) in [6, 6.07) is 6.19. The maximum absolute atomic E-state index is 11.7. The number of hydrogen-bond acceptors (Lipinski definition) is 4. The van der Waals surface area contributed by atoms with Crippen molar-refractivity contribution in [2.45, 2.75) is 0 Å². The Hall–Kier alpha value is -2.47. The Balaban J connectivity index is 1.94. The number of amides is 2. The Morgan fingerprint density at radius 2 is 1.68 bits per heavy atom. The molecule has 0 aliphatic rings. The number of nitrogens with zero attached hydrogens (tertiary/aromatic N) is 2. The third kappa shape index (κ3) is 3.49. The predicted molar refractivity (Wildman–Crippen MR) is 68.4 cm³/mol. The Labute approximate surface area is 113 Å². The van der Waals surface area contributed by atoms with E-state index in [0.29, 0.717) is 5.56 Å². The van der Waals surface area contributed by atoms with E-state index in [2.05, 4.69) is 20.8 Å². The molecule has 0 saturated carbocycles. The van der Waals surface area contributed by atoms with Gasteiger partial charge in [-0.15, -0.1) is 0 Å². The van der Waals surface area contributed by atoms with Crippen LogP contribution in [0.2, 0.25) is 5.15 Å². The number of aromatic nitrogens is 2. The van der Waals surface area contributed by atoms with Gasteiger partial charge in [0.05, 0.1) is 11.1 Å². The molecule has 2 amide bonds. The second-order valence-corrected chi connectivity index (χ2v) is 3.91. The largest absolute Gasteiger partial charge is 0.271 e. The molecule has 0 fully saturated rings. The van der Waals surface area contributed by atoms with Crippen molar-refractivity contribution < 1.29 is 9.59 Å². The minimum absolute atomic E-state index is 0.288. The van der Waals surface area contributed by atoms with Crippen LogP contribution in [-0.4, -0.2) is 21.8 Å². The van der Waals surface area contributed by atoms with Gasteiger partial charge >= 0.3 is 0 Å². The third-order valence-corrected chi connectivity index (χ3v) is 2.43. The van der Waals surface area contributed by atoms with Crippen LogP contribution in [0.1, 0.15) is 20.7 Å². The van der Waals surface area contributed by atoms with Crippen LogP contribution in [0.5, 0.6) is 0 Å². The van der Waals surface area contributed by atoms with Crippen molar-refractivity contribution in [1.29, 1.82) is 0 Å². The van der Waals surface area contributed by atoms with Crippen LogP contribution in [0.15, 0.2) is 42.9 Å². The average molecular weight is 277 g/mol. The van der Waals surface area contributed by atoms with Crippen LogP contribution >= 0.6 is 11.6 Å². The Bertz CT molecular complexity index is 586. The van der Waals surface area contributed by atoms with Gasteiger partial charge in [0.2, 0.25) is 0 Å². The van der Waals surface area contributed by atoms with Crippen LogP contribution in [0.25, 0.3) is 0 Å². The van der Waals surface area contributed by atoms with E-state index in [1.807, 2.05) is 0 Å². The summed E-state index contributed by atoms with van der Waals surface area (Å²) in [6.45, 7) is 0. The molecule has 0 aromatic carbocycles. The predicted octanol–water partition coefficient (Wildman–Crippen LogP) is 1.20. The Morgan fingerprint density at radius 1 is 1.00 bits per heavy atom. The molecule has 0 unspecified atom stereocenters. The molecule has 2 heterocycles. The van der Waals surface area contributed by atoms with Gasteiger partial charge in [0.1, 0.15) is 5.15 Å². The minimum Gasteiger partial charge on any atom is -0.267 e. The molecular weight excluding hydrogens is 268 g/mol. The molecule has 6 nitrogen and oxygen atoms in total. The summed E-state index contributed by atoms with van der Waals surface area (Å²) < 4.78 is 0. The number of rotatable bonds is 2. The van der Waals surface area contributed by atoms with Gasteiger partial charge in [0.25, 0.3) is 11.8 Å². The molecule has 0 saturated heterocycles. The minimum atomic E-state index is -0.485. The van der Waals surface area contributed by atoms with Crippen LogP contribution < -0.4 is 10.9 Å². The average Bonchev–Trinajstić information content (AvgIpc) is 2.46. The highest BCUT2D eigenvalue weighted by molar-refractivity contribution is 6.29. The highest BCUT2D eigenvalue weighted by Crippen LogP contribution is 2.04. The summed E-state index contributed by atoms with van der Waals surface area (Å²) in [6.07, 6.45) is 4.26. The molecular formula is C12H9ClN4O2. The fourth-order valence-electron chi connectivity index (χ4n) is 1.27. The van der Waals surface area contributed by atoms with Gasteiger partial charge in [-0.1, -0.05) is 11.6 Å². The normalized spacial score (nSPS) is 9.74. The summed E-state index contributed by atoms with van der Waals surface area (Å²) in [5.74, 6) is -0.940. The first kappa shape index (κ1) is 13.0. The van der Waals surface area contributed by atoms with Crippen molar-refractivity contribution in [3.05, 3.63) is 59.1 Å². The number of nitrogens with one attached hydrogen (secondary N) is 2. The summed E-state index contributed by atoms with van der Waals surface area (Å²) in [7, 11) is 0. The van der Waals surface area contributed by atoms with Crippen LogP contribution in [-0.2, 0) is 0 Å². The van der Waals surface area contributed by atoms with E-state index in [1.165, 1.54) is 24.5 Å². The van der Waals surface area contributed by atoms with Gasteiger partial charge in [-0.05, 0) is 24.3 Å². The standard InChI is InChI=1S/C12H9ClN4O2/c13-10-4-3-9(7-15-10)12(19)17-16-11(18)8-2-1-5-14-6-8/h1-7H,(H,16,18)(H,17,19). The van der Waals surface area contributed by atoms with Crippen LogP contribution in [0.3, 0.4) is 0 Å². The number of halogens is 1. The zero-order chi connectivity index (χ0) is 13.7. The third-order valence-electron chi connectivity index (χ3n) is 2.20. The first-order chi connectivity index (χ1) is 9.16. The molecule has 0 atom stereocenters. The lowest BCUT2D eigenvalue weighted by atomic mass is 10.3. The monoisotopic (exact) mass is 276 g/mol. The molecule has 0 aliphatic carbocycles. The van der Waals surface area contributed by atoms with Gasteiger partial charge in [-0.2, -0.15) is 0 Å². The van der Waals surface area contributed by atoms with Gasteiger partial charge in [-0.25, -0.2) is 4.98 Å². The Morgan fingerprint density at radius 3 is 2.21 bits per heavy atom. The van der Waals surface area contributed by atoms with E-state index in [1.54, 1.807) is 18.3 Å². The van der Waals surface area contributed by atoms with E-state index in [4.69, 9.17) is 11.6 Å². The molecule has 0 bridgehead atoms. The van der Waals surface area contributed by atoms with Gasteiger partial charge in [0.15, 0.2) is 0 Å². The number of pyridine rings is 2. The highest BCUT2D eigenvalue weighted by atomic mass is 35.5. The molecule has 7 heteroatoms. The molecule has 2 aromatic rings. The number of carbonyl (C=O) groups excluding carboxylic acids is 2. The number of hydrogen-bond donors (Lipinski definition) is 2. The summed E-state index contributed by atoms with van der Waals surface area (Å²) in [4.78, 5) is 30.9. The molecule has 19 heavy (non-hydrogen) atoms.